The Hall–Kier alpha value is -1.51. The van der Waals surface area contributed by atoms with E-state index in [1.165, 1.54) is 6.42 Å². The number of benzene rings is 1. The molecule has 0 fully saturated rings. The number of urea groups is 1. The van der Waals surface area contributed by atoms with Crippen LogP contribution in [0.5, 0.6) is 0 Å². The van der Waals surface area contributed by atoms with E-state index in [2.05, 4.69) is 39.1 Å². The zero-order valence-corrected chi connectivity index (χ0v) is 13.5. The molecule has 0 saturated heterocycles. The van der Waals surface area contributed by atoms with E-state index < -0.39 is 0 Å². The Bertz CT molecular complexity index is 435. The van der Waals surface area contributed by atoms with Gasteiger partial charge in [0.1, 0.15) is 0 Å². The molecule has 0 bridgehead atoms. The first-order valence-electron chi connectivity index (χ1n) is 7.48. The van der Waals surface area contributed by atoms with Crippen LogP contribution in [0.4, 0.5) is 10.5 Å². The predicted octanol–water partition coefficient (Wildman–Crippen LogP) is 4.64. The van der Waals surface area contributed by atoms with Gasteiger partial charge in [0.25, 0.3) is 0 Å². The molecule has 1 aromatic carbocycles. The summed E-state index contributed by atoms with van der Waals surface area (Å²) in [5.41, 5.74) is 2.09. The number of amides is 2. The lowest BCUT2D eigenvalue weighted by atomic mass is 9.86. The summed E-state index contributed by atoms with van der Waals surface area (Å²) in [5, 5.41) is 3.03. The van der Waals surface area contributed by atoms with Gasteiger partial charge in [-0.2, -0.15) is 0 Å². The van der Waals surface area contributed by atoms with Crippen molar-refractivity contribution >= 4 is 11.7 Å². The summed E-state index contributed by atoms with van der Waals surface area (Å²) in [4.78, 5) is 14.0. The van der Waals surface area contributed by atoms with Gasteiger partial charge in [0.05, 0.1) is 0 Å². The lowest BCUT2D eigenvalue weighted by Crippen LogP contribution is -2.33. The molecule has 3 heteroatoms. The van der Waals surface area contributed by atoms with Gasteiger partial charge in [-0.15, -0.1) is 0 Å². The monoisotopic (exact) mass is 276 g/mol. The Kier molecular flexibility index (Phi) is 6.05. The van der Waals surface area contributed by atoms with Crippen LogP contribution >= 0.6 is 0 Å². The summed E-state index contributed by atoms with van der Waals surface area (Å²) in [6.07, 6.45) is 3.39. The summed E-state index contributed by atoms with van der Waals surface area (Å²) < 4.78 is 0. The van der Waals surface area contributed by atoms with Gasteiger partial charge in [-0.1, -0.05) is 58.7 Å². The molecule has 0 aliphatic rings. The lowest BCUT2D eigenvalue weighted by Gasteiger charge is -2.24. The van der Waals surface area contributed by atoms with Crippen molar-refractivity contribution in [3.63, 3.8) is 0 Å². The average molecular weight is 276 g/mol. The van der Waals surface area contributed by atoms with Crippen molar-refractivity contribution in [3.05, 3.63) is 29.8 Å². The smallest absolute Gasteiger partial charge is 0.321 e. The summed E-state index contributed by atoms with van der Waals surface area (Å²) in [5.74, 6) is 0. The van der Waals surface area contributed by atoms with Crippen LogP contribution in [0.3, 0.4) is 0 Å². The lowest BCUT2D eigenvalue weighted by molar-refractivity contribution is 0.221. The second kappa shape index (κ2) is 7.32. The molecule has 112 valence electrons. The van der Waals surface area contributed by atoms with Gasteiger partial charge in [-0.05, 0) is 23.5 Å². The van der Waals surface area contributed by atoms with Crippen LogP contribution < -0.4 is 5.32 Å². The molecule has 2 amide bonds. The third kappa shape index (κ3) is 4.87. The average Bonchev–Trinajstić information content (AvgIpc) is 2.38. The number of nitrogens with one attached hydrogen (secondary N) is 1. The molecular formula is C17H28N2O. The van der Waals surface area contributed by atoms with Crippen molar-refractivity contribution in [2.45, 2.75) is 52.4 Å². The van der Waals surface area contributed by atoms with Crippen molar-refractivity contribution in [2.75, 3.05) is 18.9 Å². The minimum atomic E-state index is -0.0298. The van der Waals surface area contributed by atoms with Crippen molar-refractivity contribution < 1.29 is 4.79 Å². The maximum absolute atomic E-state index is 12.2. The van der Waals surface area contributed by atoms with Crippen LogP contribution in [0.15, 0.2) is 24.3 Å². The van der Waals surface area contributed by atoms with Crippen LogP contribution in [0.2, 0.25) is 0 Å². The van der Waals surface area contributed by atoms with Gasteiger partial charge in [-0.25, -0.2) is 4.79 Å². The number of unbranched alkanes of at least 4 members (excludes halogenated alkanes) is 2. The molecule has 0 unspecified atom stereocenters. The number of hydrogen-bond acceptors (Lipinski definition) is 1. The van der Waals surface area contributed by atoms with Gasteiger partial charge >= 0.3 is 6.03 Å². The Balaban J connectivity index is 2.71. The molecule has 1 aromatic rings. The van der Waals surface area contributed by atoms with Crippen molar-refractivity contribution in [2.24, 2.45) is 0 Å². The molecule has 0 aliphatic carbocycles. The van der Waals surface area contributed by atoms with Gasteiger partial charge < -0.3 is 10.2 Å². The topological polar surface area (TPSA) is 32.3 Å². The second-order valence-electron chi connectivity index (χ2n) is 6.35. The summed E-state index contributed by atoms with van der Waals surface area (Å²) in [6, 6.07) is 7.99. The van der Waals surface area contributed by atoms with Crippen molar-refractivity contribution in [3.8, 4) is 0 Å². The molecule has 0 spiro atoms. The minimum absolute atomic E-state index is 0.0185. The molecule has 0 radical (unpaired) electrons. The van der Waals surface area contributed by atoms with E-state index in [9.17, 15) is 4.79 Å². The number of rotatable bonds is 5. The van der Waals surface area contributed by atoms with Crippen molar-refractivity contribution in [1.82, 2.24) is 4.90 Å². The fourth-order valence-corrected chi connectivity index (χ4v) is 2.16. The molecule has 0 heterocycles. The first-order chi connectivity index (χ1) is 9.36. The third-order valence-corrected chi connectivity index (χ3v) is 3.42. The Morgan fingerprint density at radius 2 is 1.85 bits per heavy atom. The molecule has 20 heavy (non-hydrogen) atoms. The van der Waals surface area contributed by atoms with Gasteiger partial charge in [-0.3, -0.25) is 0 Å². The molecular weight excluding hydrogens is 248 g/mol. The fourth-order valence-electron chi connectivity index (χ4n) is 2.16. The highest BCUT2D eigenvalue weighted by atomic mass is 16.2. The van der Waals surface area contributed by atoms with E-state index in [1.807, 2.05) is 25.2 Å². The van der Waals surface area contributed by atoms with Crippen LogP contribution in [0, 0.1) is 0 Å². The maximum Gasteiger partial charge on any atom is 0.321 e. The third-order valence-electron chi connectivity index (χ3n) is 3.42. The first-order valence-corrected chi connectivity index (χ1v) is 7.48. The quantitative estimate of drug-likeness (QED) is 0.781. The van der Waals surface area contributed by atoms with Gasteiger partial charge in [0, 0.05) is 19.3 Å². The molecule has 1 N–H and O–H groups in total. The van der Waals surface area contributed by atoms with Crippen LogP contribution in [-0.2, 0) is 5.41 Å². The predicted molar refractivity (Wildman–Crippen MR) is 86.3 cm³/mol. The zero-order valence-electron chi connectivity index (χ0n) is 13.5. The standard InChI is InChI=1S/C17H28N2O/c1-6-7-10-13-19(5)16(20)18-15-12-9-8-11-14(15)17(2,3)4/h8-9,11-12H,6-7,10,13H2,1-5H3,(H,18,20). The molecule has 1 rings (SSSR count). The number of hydrogen-bond donors (Lipinski definition) is 1. The highest BCUT2D eigenvalue weighted by molar-refractivity contribution is 5.90. The highest BCUT2D eigenvalue weighted by Gasteiger charge is 2.19. The molecule has 0 atom stereocenters. The number of carbonyl (C=O) groups is 1. The van der Waals surface area contributed by atoms with Crippen LogP contribution in [-0.4, -0.2) is 24.5 Å². The summed E-state index contributed by atoms with van der Waals surface area (Å²) >= 11 is 0. The second-order valence-corrected chi connectivity index (χ2v) is 6.35. The Morgan fingerprint density at radius 3 is 2.45 bits per heavy atom. The number of para-hydroxylation sites is 1. The van der Waals surface area contributed by atoms with E-state index >= 15 is 0 Å². The maximum atomic E-state index is 12.2. The molecule has 0 aliphatic heterocycles. The number of anilines is 1. The number of carbonyl (C=O) groups excluding carboxylic acids is 1. The SMILES string of the molecule is CCCCCN(C)C(=O)Nc1ccccc1C(C)(C)C. The Labute approximate surface area is 123 Å². The largest absolute Gasteiger partial charge is 0.328 e. The normalized spacial score (nSPS) is 11.2. The van der Waals surface area contributed by atoms with E-state index in [1.54, 1.807) is 4.90 Å². The summed E-state index contributed by atoms with van der Waals surface area (Å²) in [7, 11) is 1.85. The van der Waals surface area contributed by atoms with Gasteiger partial charge in [0.2, 0.25) is 0 Å². The number of nitrogens with zero attached hydrogens (tertiary/aromatic N) is 1. The van der Waals surface area contributed by atoms with Crippen molar-refractivity contribution in [1.29, 1.82) is 0 Å². The first kappa shape index (κ1) is 16.5. The molecule has 0 aromatic heterocycles. The Morgan fingerprint density at radius 1 is 1.20 bits per heavy atom. The van der Waals surface area contributed by atoms with Crippen LogP contribution in [0.1, 0.15) is 52.5 Å². The zero-order chi connectivity index (χ0) is 15.2. The van der Waals surface area contributed by atoms with E-state index in [0.717, 1.165) is 30.6 Å². The molecule has 0 saturated carbocycles. The molecule has 3 nitrogen and oxygen atoms in total. The summed E-state index contributed by atoms with van der Waals surface area (Å²) in [6.45, 7) is 9.44. The van der Waals surface area contributed by atoms with Gasteiger partial charge in [0.15, 0.2) is 0 Å². The highest BCUT2D eigenvalue weighted by Crippen LogP contribution is 2.29. The van der Waals surface area contributed by atoms with E-state index in [4.69, 9.17) is 0 Å². The minimum Gasteiger partial charge on any atom is -0.328 e. The van der Waals surface area contributed by atoms with Crippen LogP contribution in [0.25, 0.3) is 0 Å². The fraction of sp³-hybridized carbons (Fsp3) is 0.588. The van der Waals surface area contributed by atoms with E-state index in [0.29, 0.717) is 0 Å². The van der Waals surface area contributed by atoms with E-state index in [-0.39, 0.29) is 11.4 Å².